The molecule has 2 heterocycles. The summed E-state index contributed by atoms with van der Waals surface area (Å²) >= 11 is 0. The number of amides is 1. The van der Waals surface area contributed by atoms with Crippen LogP contribution in [-0.2, 0) is 11.3 Å². The van der Waals surface area contributed by atoms with E-state index in [0.717, 1.165) is 57.9 Å². The zero-order valence-electron chi connectivity index (χ0n) is 14.5. The normalized spacial score (nSPS) is 19.5. The largest absolute Gasteiger partial charge is 0.379 e. The topological polar surface area (TPSA) is 44.8 Å². The van der Waals surface area contributed by atoms with Gasteiger partial charge in [-0.15, -0.1) is 0 Å². The molecule has 0 unspecified atom stereocenters. The maximum atomic E-state index is 12.2. The number of likely N-dealkylation sites (tertiary alicyclic amines) is 1. The third-order valence-electron chi connectivity index (χ3n) is 4.86. The number of nitrogens with one attached hydrogen (secondary N) is 1. The summed E-state index contributed by atoms with van der Waals surface area (Å²) in [6, 6.07) is 8.06. The number of hydrogen-bond acceptors (Lipinski definition) is 4. The number of nitrogens with zero attached hydrogens (tertiary/aromatic N) is 2. The van der Waals surface area contributed by atoms with Crippen LogP contribution in [0.5, 0.6) is 0 Å². The lowest BCUT2D eigenvalue weighted by molar-refractivity contribution is 0.0374. The van der Waals surface area contributed by atoms with Crippen LogP contribution in [-0.4, -0.2) is 68.2 Å². The van der Waals surface area contributed by atoms with E-state index >= 15 is 0 Å². The van der Waals surface area contributed by atoms with Gasteiger partial charge in [-0.25, -0.2) is 0 Å². The minimum absolute atomic E-state index is 0.0321. The number of hydrogen-bond donors (Lipinski definition) is 1. The van der Waals surface area contributed by atoms with E-state index < -0.39 is 0 Å². The lowest BCUT2D eigenvalue weighted by atomic mass is 10.1. The molecule has 2 fully saturated rings. The molecule has 1 amide bonds. The first-order chi connectivity index (χ1) is 11.8. The highest BCUT2D eigenvalue weighted by atomic mass is 16.5. The number of rotatable bonds is 7. The van der Waals surface area contributed by atoms with E-state index in [9.17, 15) is 4.79 Å². The van der Waals surface area contributed by atoms with Gasteiger partial charge in [-0.3, -0.25) is 14.6 Å². The molecule has 2 aliphatic heterocycles. The van der Waals surface area contributed by atoms with Crippen LogP contribution < -0.4 is 5.32 Å². The number of morpholine rings is 1. The van der Waals surface area contributed by atoms with Crippen molar-refractivity contribution in [1.29, 1.82) is 0 Å². The van der Waals surface area contributed by atoms with Crippen molar-refractivity contribution >= 4 is 5.91 Å². The molecule has 0 bridgehead atoms. The van der Waals surface area contributed by atoms with E-state index in [2.05, 4.69) is 27.2 Å². The number of ether oxygens (including phenoxy) is 1. The minimum Gasteiger partial charge on any atom is -0.379 e. The number of carbonyl (C=O) groups is 1. The predicted octanol–water partition coefficient (Wildman–Crippen LogP) is 1.73. The highest BCUT2D eigenvalue weighted by Gasteiger charge is 2.12. The summed E-state index contributed by atoms with van der Waals surface area (Å²) in [5.74, 6) is 0.0321. The summed E-state index contributed by atoms with van der Waals surface area (Å²) in [7, 11) is 0. The zero-order valence-corrected chi connectivity index (χ0v) is 14.5. The molecular formula is C19H29N3O2. The molecule has 0 atom stereocenters. The smallest absolute Gasteiger partial charge is 0.251 e. The predicted molar refractivity (Wildman–Crippen MR) is 95.2 cm³/mol. The van der Waals surface area contributed by atoms with Crippen molar-refractivity contribution in [3.63, 3.8) is 0 Å². The van der Waals surface area contributed by atoms with E-state index in [0.29, 0.717) is 0 Å². The molecule has 132 valence electrons. The fourth-order valence-electron chi connectivity index (χ4n) is 3.39. The Bertz CT molecular complexity index is 506. The average Bonchev–Trinajstić information content (AvgIpc) is 3.13. The van der Waals surface area contributed by atoms with Gasteiger partial charge in [0.2, 0.25) is 0 Å². The van der Waals surface area contributed by atoms with Crippen LogP contribution >= 0.6 is 0 Å². The van der Waals surface area contributed by atoms with Crippen LogP contribution in [0.15, 0.2) is 24.3 Å². The molecule has 2 aliphatic rings. The Labute approximate surface area is 145 Å². The van der Waals surface area contributed by atoms with Gasteiger partial charge in [0, 0.05) is 31.7 Å². The van der Waals surface area contributed by atoms with E-state index in [1.807, 2.05) is 12.1 Å². The van der Waals surface area contributed by atoms with Crippen molar-refractivity contribution in [2.45, 2.75) is 25.8 Å². The van der Waals surface area contributed by atoms with Crippen molar-refractivity contribution in [3.8, 4) is 0 Å². The molecule has 24 heavy (non-hydrogen) atoms. The molecule has 0 aliphatic carbocycles. The fraction of sp³-hybridized carbons (Fsp3) is 0.632. The molecule has 0 radical (unpaired) electrons. The quantitative estimate of drug-likeness (QED) is 0.773. The molecule has 1 N–H and O–H groups in total. The van der Waals surface area contributed by atoms with E-state index in [1.54, 1.807) is 0 Å². The van der Waals surface area contributed by atoms with Crippen LogP contribution in [0.4, 0.5) is 0 Å². The summed E-state index contributed by atoms with van der Waals surface area (Å²) in [4.78, 5) is 17.1. The highest BCUT2D eigenvalue weighted by Crippen LogP contribution is 2.13. The highest BCUT2D eigenvalue weighted by molar-refractivity contribution is 5.94. The molecule has 5 heteroatoms. The average molecular weight is 331 g/mol. The van der Waals surface area contributed by atoms with Crippen LogP contribution in [0, 0.1) is 0 Å². The summed E-state index contributed by atoms with van der Waals surface area (Å²) < 4.78 is 5.34. The fourth-order valence-corrected chi connectivity index (χ4v) is 3.39. The first kappa shape index (κ1) is 17.4. The van der Waals surface area contributed by atoms with Gasteiger partial charge >= 0.3 is 0 Å². The first-order valence-corrected chi connectivity index (χ1v) is 9.21. The standard InChI is InChI=1S/C19H29N3O2/c23-19(20-8-3-11-21-12-14-24-15-13-21)18-6-4-17(5-7-18)16-22-9-1-2-10-22/h4-7H,1-3,8-16H2,(H,20,23). The van der Waals surface area contributed by atoms with Crippen LogP contribution in [0.2, 0.25) is 0 Å². The zero-order chi connectivity index (χ0) is 16.6. The van der Waals surface area contributed by atoms with Crippen LogP contribution in [0.25, 0.3) is 0 Å². The second kappa shape index (κ2) is 9.16. The van der Waals surface area contributed by atoms with Gasteiger partial charge < -0.3 is 10.1 Å². The maximum absolute atomic E-state index is 12.2. The van der Waals surface area contributed by atoms with Gasteiger partial charge in [-0.05, 0) is 56.6 Å². The summed E-state index contributed by atoms with van der Waals surface area (Å²) in [6.07, 6.45) is 3.61. The molecule has 1 aromatic carbocycles. The molecule has 0 saturated carbocycles. The summed E-state index contributed by atoms with van der Waals surface area (Å²) in [5.41, 5.74) is 2.05. The Morgan fingerprint density at radius 2 is 1.71 bits per heavy atom. The third-order valence-corrected chi connectivity index (χ3v) is 4.86. The SMILES string of the molecule is O=C(NCCCN1CCOCC1)c1ccc(CN2CCCC2)cc1. The van der Waals surface area contributed by atoms with Crippen LogP contribution in [0.1, 0.15) is 35.2 Å². The van der Waals surface area contributed by atoms with Gasteiger partial charge in [-0.2, -0.15) is 0 Å². The molecule has 0 aromatic heterocycles. The van der Waals surface area contributed by atoms with Gasteiger partial charge in [0.25, 0.3) is 5.91 Å². The second-order valence-corrected chi connectivity index (χ2v) is 6.74. The maximum Gasteiger partial charge on any atom is 0.251 e. The van der Waals surface area contributed by atoms with Gasteiger partial charge in [0.1, 0.15) is 0 Å². The molecule has 2 saturated heterocycles. The Hall–Kier alpha value is -1.43. The van der Waals surface area contributed by atoms with Crippen molar-refractivity contribution < 1.29 is 9.53 Å². The van der Waals surface area contributed by atoms with Gasteiger partial charge in [0.05, 0.1) is 13.2 Å². The number of carbonyl (C=O) groups excluding carboxylic acids is 1. The lowest BCUT2D eigenvalue weighted by Crippen LogP contribution is -2.38. The van der Waals surface area contributed by atoms with Crippen molar-refractivity contribution in [1.82, 2.24) is 15.1 Å². The van der Waals surface area contributed by atoms with E-state index in [4.69, 9.17) is 4.74 Å². The summed E-state index contributed by atoms with van der Waals surface area (Å²) in [5, 5.41) is 3.02. The minimum atomic E-state index is 0.0321. The van der Waals surface area contributed by atoms with Gasteiger partial charge in [0.15, 0.2) is 0 Å². The molecule has 5 nitrogen and oxygen atoms in total. The molecule has 1 aromatic rings. The number of benzene rings is 1. The molecule has 3 rings (SSSR count). The van der Waals surface area contributed by atoms with Crippen molar-refractivity contribution in [2.75, 3.05) is 52.5 Å². The van der Waals surface area contributed by atoms with Crippen LogP contribution in [0.3, 0.4) is 0 Å². The Kier molecular flexibility index (Phi) is 6.64. The van der Waals surface area contributed by atoms with E-state index in [1.165, 1.54) is 31.5 Å². The Morgan fingerprint density at radius 1 is 1.00 bits per heavy atom. The molecule has 0 spiro atoms. The Balaban J connectivity index is 1.36. The van der Waals surface area contributed by atoms with Gasteiger partial charge in [-0.1, -0.05) is 12.1 Å². The monoisotopic (exact) mass is 331 g/mol. The second-order valence-electron chi connectivity index (χ2n) is 6.74. The van der Waals surface area contributed by atoms with Crippen molar-refractivity contribution in [2.24, 2.45) is 0 Å². The third kappa shape index (κ3) is 5.30. The molecular weight excluding hydrogens is 302 g/mol. The lowest BCUT2D eigenvalue weighted by Gasteiger charge is -2.26. The first-order valence-electron chi connectivity index (χ1n) is 9.21. The van der Waals surface area contributed by atoms with Crippen molar-refractivity contribution in [3.05, 3.63) is 35.4 Å². The Morgan fingerprint density at radius 3 is 2.42 bits per heavy atom. The summed E-state index contributed by atoms with van der Waals surface area (Å²) in [6.45, 7) is 8.83. The van der Waals surface area contributed by atoms with E-state index in [-0.39, 0.29) is 5.91 Å².